The first-order valence-corrected chi connectivity index (χ1v) is 11.5. The van der Waals surface area contributed by atoms with Gasteiger partial charge >= 0.3 is 0 Å². The van der Waals surface area contributed by atoms with Gasteiger partial charge in [0.15, 0.2) is 5.16 Å². The Morgan fingerprint density at radius 2 is 1.89 bits per heavy atom. The van der Waals surface area contributed by atoms with Gasteiger partial charge in [-0.25, -0.2) is 4.98 Å². The lowest BCUT2D eigenvalue weighted by Gasteiger charge is -2.09. The van der Waals surface area contributed by atoms with E-state index in [1.807, 2.05) is 18.2 Å². The Morgan fingerprint density at radius 1 is 1.04 bits per heavy atom. The number of hydrogen-bond acceptors (Lipinski definition) is 6. The summed E-state index contributed by atoms with van der Waals surface area (Å²) in [5, 5.41) is 15.3. The summed E-state index contributed by atoms with van der Waals surface area (Å²) in [6.07, 6.45) is 0.786. The third-order valence-corrected chi connectivity index (χ3v) is 7.07. The van der Waals surface area contributed by atoms with Crippen LogP contribution in [0.5, 0.6) is 0 Å². The zero-order valence-corrected chi connectivity index (χ0v) is 17.7. The zero-order valence-electron chi connectivity index (χ0n) is 15.2. The molecule has 0 spiro atoms. The number of hydrogen-bond donors (Lipinski definition) is 0. The molecule has 0 fully saturated rings. The molecule has 0 aliphatic rings. The molecule has 4 aromatic rings. The van der Waals surface area contributed by atoms with Crippen LogP contribution >= 0.6 is 34.4 Å². The van der Waals surface area contributed by atoms with Crippen LogP contribution in [0, 0.1) is 0 Å². The van der Waals surface area contributed by atoms with E-state index in [0.29, 0.717) is 5.92 Å². The van der Waals surface area contributed by atoms with E-state index in [9.17, 15) is 0 Å². The van der Waals surface area contributed by atoms with Crippen LogP contribution in [0.25, 0.3) is 5.69 Å². The lowest BCUT2D eigenvalue weighted by Crippen LogP contribution is -2.03. The molecular formula is C20H20N4S3. The van der Waals surface area contributed by atoms with Crippen LogP contribution in [0.3, 0.4) is 0 Å². The fourth-order valence-electron chi connectivity index (χ4n) is 2.71. The molecule has 0 amide bonds. The number of benzene rings is 1. The van der Waals surface area contributed by atoms with Crippen LogP contribution in [0.15, 0.2) is 58.4 Å². The first-order valence-electron chi connectivity index (χ1n) is 8.80. The molecule has 0 saturated heterocycles. The summed E-state index contributed by atoms with van der Waals surface area (Å²) < 4.78 is 2.17. The first kappa shape index (κ1) is 18.4. The van der Waals surface area contributed by atoms with Gasteiger partial charge in [0.2, 0.25) is 0 Å². The van der Waals surface area contributed by atoms with Crippen molar-refractivity contribution in [1.29, 1.82) is 0 Å². The Kier molecular flexibility index (Phi) is 5.71. The molecule has 3 aromatic heterocycles. The maximum absolute atomic E-state index is 4.74. The van der Waals surface area contributed by atoms with Gasteiger partial charge in [0.05, 0.1) is 10.7 Å². The summed E-state index contributed by atoms with van der Waals surface area (Å²) in [5.74, 6) is 2.24. The van der Waals surface area contributed by atoms with Gasteiger partial charge in [-0.1, -0.05) is 49.9 Å². The number of thioether (sulfide) groups is 1. The first-order chi connectivity index (χ1) is 13.2. The third-order valence-electron chi connectivity index (χ3n) is 4.04. The quantitative estimate of drug-likeness (QED) is 0.360. The molecule has 1 aromatic carbocycles. The third kappa shape index (κ3) is 4.31. The molecule has 27 heavy (non-hydrogen) atoms. The van der Waals surface area contributed by atoms with Crippen molar-refractivity contribution in [2.75, 3.05) is 0 Å². The van der Waals surface area contributed by atoms with Crippen molar-refractivity contribution in [3.63, 3.8) is 0 Å². The summed E-state index contributed by atoms with van der Waals surface area (Å²) in [7, 11) is 0. The van der Waals surface area contributed by atoms with Gasteiger partial charge in [0.25, 0.3) is 0 Å². The molecule has 0 radical (unpaired) electrons. The minimum Gasteiger partial charge on any atom is -0.274 e. The maximum Gasteiger partial charge on any atom is 0.196 e. The predicted molar refractivity (Wildman–Crippen MR) is 114 cm³/mol. The SMILES string of the molecule is CC(C)c1nc(CSc2nnc(Cc3cccs3)n2-c2ccccc2)cs1. The van der Waals surface area contributed by atoms with Crippen molar-refractivity contribution in [3.8, 4) is 5.69 Å². The maximum atomic E-state index is 4.74. The van der Waals surface area contributed by atoms with E-state index in [4.69, 9.17) is 4.98 Å². The number of thiophene rings is 1. The molecule has 0 aliphatic heterocycles. The second-order valence-corrected chi connectivity index (χ2v) is 9.31. The van der Waals surface area contributed by atoms with Crippen molar-refractivity contribution in [2.24, 2.45) is 0 Å². The number of aromatic nitrogens is 4. The highest BCUT2D eigenvalue weighted by atomic mass is 32.2. The van der Waals surface area contributed by atoms with Crippen LogP contribution in [0.1, 0.15) is 41.2 Å². The van der Waals surface area contributed by atoms with Gasteiger partial charge < -0.3 is 0 Å². The highest BCUT2D eigenvalue weighted by molar-refractivity contribution is 7.98. The molecule has 0 aliphatic carbocycles. The Balaban J connectivity index is 1.60. The van der Waals surface area contributed by atoms with Crippen LogP contribution < -0.4 is 0 Å². The van der Waals surface area contributed by atoms with Crippen molar-refractivity contribution >= 4 is 34.4 Å². The van der Waals surface area contributed by atoms with Crippen molar-refractivity contribution in [1.82, 2.24) is 19.7 Å². The van der Waals surface area contributed by atoms with E-state index in [1.165, 1.54) is 9.88 Å². The molecule has 7 heteroatoms. The van der Waals surface area contributed by atoms with Gasteiger partial charge in [-0.3, -0.25) is 4.57 Å². The van der Waals surface area contributed by atoms with Gasteiger partial charge in [-0.05, 0) is 23.6 Å². The molecule has 0 N–H and O–H groups in total. The van der Waals surface area contributed by atoms with Crippen LogP contribution in [0.4, 0.5) is 0 Å². The predicted octanol–water partition coefficient (Wildman–Crippen LogP) is 5.79. The second-order valence-electron chi connectivity index (χ2n) is 6.45. The molecular weight excluding hydrogens is 392 g/mol. The Bertz CT molecular complexity index is 988. The molecule has 0 atom stereocenters. The smallest absolute Gasteiger partial charge is 0.196 e. The largest absolute Gasteiger partial charge is 0.274 e. The summed E-state index contributed by atoms with van der Waals surface area (Å²) in [6, 6.07) is 14.6. The number of nitrogens with zero attached hydrogens (tertiary/aromatic N) is 4. The topological polar surface area (TPSA) is 43.6 Å². The van der Waals surface area contributed by atoms with Gasteiger partial charge in [-0.15, -0.1) is 32.9 Å². The molecule has 0 saturated carbocycles. The van der Waals surface area contributed by atoms with E-state index >= 15 is 0 Å². The molecule has 0 unspecified atom stereocenters. The van der Waals surface area contributed by atoms with Gasteiger partial charge in [0.1, 0.15) is 5.82 Å². The number of thiazole rings is 1. The normalized spacial score (nSPS) is 11.4. The van der Waals surface area contributed by atoms with Crippen molar-refractivity contribution in [2.45, 2.75) is 37.1 Å². The fourth-order valence-corrected chi connectivity index (χ4v) is 5.21. The van der Waals surface area contributed by atoms with Crippen LogP contribution in [-0.2, 0) is 12.2 Å². The van der Waals surface area contributed by atoms with Crippen LogP contribution in [0.2, 0.25) is 0 Å². The molecule has 0 bridgehead atoms. The van der Waals surface area contributed by atoms with Crippen LogP contribution in [-0.4, -0.2) is 19.7 Å². The number of rotatable bonds is 7. The Hall–Kier alpha value is -1.96. The van der Waals surface area contributed by atoms with E-state index in [-0.39, 0.29) is 0 Å². The minimum atomic E-state index is 0.471. The number of para-hydroxylation sites is 1. The highest BCUT2D eigenvalue weighted by Gasteiger charge is 2.16. The summed E-state index contributed by atoms with van der Waals surface area (Å²) >= 11 is 5.18. The molecule has 4 rings (SSSR count). The lowest BCUT2D eigenvalue weighted by atomic mass is 10.2. The monoisotopic (exact) mass is 412 g/mol. The van der Waals surface area contributed by atoms with E-state index in [0.717, 1.165) is 34.5 Å². The standard InChI is InChI=1S/C20H20N4S3/c1-14(2)19-21-15(12-26-19)13-27-20-23-22-18(11-17-9-6-10-25-17)24(20)16-7-4-3-5-8-16/h3-10,12,14H,11,13H2,1-2H3. The van der Waals surface area contributed by atoms with Crippen molar-refractivity contribution in [3.05, 3.63) is 74.6 Å². The second kappa shape index (κ2) is 8.37. The summed E-state index contributed by atoms with van der Waals surface area (Å²) in [5.41, 5.74) is 2.20. The molecule has 3 heterocycles. The fraction of sp³-hybridized carbons (Fsp3) is 0.250. The highest BCUT2D eigenvalue weighted by Crippen LogP contribution is 2.28. The van der Waals surface area contributed by atoms with Gasteiger partial charge in [0, 0.05) is 34.0 Å². The summed E-state index contributed by atoms with van der Waals surface area (Å²) in [6.45, 7) is 4.36. The zero-order chi connectivity index (χ0) is 18.6. The average Bonchev–Trinajstić information content (AvgIpc) is 3.42. The van der Waals surface area contributed by atoms with E-state index < -0.39 is 0 Å². The molecule has 4 nitrogen and oxygen atoms in total. The molecule has 138 valence electrons. The van der Waals surface area contributed by atoms with E-state index in [1.54, 1.807) is 34.4 Å². The van der Waals surface area contributed by atoms with Crippen molar-refractivity contribution < 1.29 is 0 Å². The lowest BCUT2D eigenvalue weighted by molar-refractivity contribution is 0.842. The van der Waals surface area contributed by atoms with E-state index in [2.05, 4.69) is 63.6 Å². The Morgan fingerprint density at radius 3 is 2.59 bits per heavy atom. The Labute approximate surface area is 171 Å². The average molecular weight is 413 g/mol. The van der Waals surface area contributed by atoms with Gasteiger partial charge in [-0.2, -0.15) is 0 Å². The summed E-state index contributed by atoms with van der Waals surface area (Å²) in [4.78, 5) is 6.03. The minimum absolute atomic E-state index is 0.471.